The van der Waals surface area contributed by atoms with Crippen molar-refractivity contribution in [2.45, 2.75) is 31.7 Å². The van der Waals surface area contributed by atoms with Crippen LogP contribution < -0.4 is 10.4 Å². The number of carbonyl (C=O) groups is 2. The third-order valence-corrected chi connectivity index (χ3v) is 10.4. The minimum atomic E-state index is -3.78. The van der Waals surface area contributed by atoms with E-state index in [9.17, 15) is 18.0 Å². The summed E-state index contributed by atoms with van der Waals surface area (Å²) in [6.45, 7) is 2.51. The summed E-state index contributed by atoms with van der Waals surface area (Å²) in [5, 5.41) is 8.80. The first-order chi connectivity index (χ1) is 19.4. The average Bonchev–Trinajstić information content (AvgIpc) is 3.37. The molecule has 3 aliphatic carbocycles. The van der Waals surface area contributed by atoms with Crippen LogP contribution in [-0.4, -0.2) is 83.4 Å². The summed E-state index contributed by atoms with van der Waals surface area (Å²) < 4.78 is 30.0. The van der Waals surface area contributed by atoms with Gasteiger partial charge in [0.1, 0.15) is 0 Å². The summed E-state index contributed by atoms with van der Waals surface area (Å²) in [5.74, 6) is 0.0984. The highest BCUT2D eigenvalue weighted by atomic mass is 32.2. The number of carbonyl (C=O) groups excluding carboxylic acids is 2. The normalized spacial score (nSPS) is 25.6. The molecule has 2 saturated heterocycles. The van der Waals surface area contributed by atoms with Gasteiger partial charge in [-0.05, 0) is 41.9 Å². The topological polar surface area (TPSA) is 136 Å². The number of piperidine rings is 1. The Labute approximate surface area is 233 Å². The second-order valence-corrected chi connectivity index (χ2v) is 12.7. The van der Waals surface area contributed by atoms with Crippen molar-refractivity contribution >= 4 is 27.8 Å². The number of allylic oxidation sites excluding steroid dienone is 10. The van der Waals surface area contributed by atoms with Gasteiger partial charge in [0.15, 0.2) is 0 Å². The number of amides is 2. The first kappa shape index (κ1) is 26.6. The fraction of sp³-hybridized carbons (Fsp3) is 0.429. The van der Waals surface area contributed by atoms with Crippen LogP contribution >= 0.6 is 0 Å². The van der Waals surface area contributed by atoms with E-state index in [1.165, 1.54) is 12.4 Å². The van der Waals surface area contributed by atoms with E-state index in [0.717, 1.165) is 24.0 Å². The fourth-order valence-corrected chi connectivity index (χ4v) is 7.97. The Balaban J connectivity index is 1.21. The molecular formula is C28H32N6O5S. The minimum Gasteiger partial charge on any atom is -0.341 e. The molecule has 2 unspecified atom stereocenters. The van der Waals surface area contributed by atoms with Crippen LogP contribution in [0.3, 0.4) is 0 Å². The van der Waals surface area contributed by atoms with Crippen molar-refractivity contribution < 1.29 is 23.2 Å². The Hall–Kier alpha value is -3.61. The maximum absolute atomic E-state index is 14.2. The second kappa shape index (κ2) is 10.8. The number of fused-ring (bicyclic) bond motifs is 2. The minimum absolute atomic E-state index is 0.0816. The first-order valence-electron chi connectivity index (χ1n) is 13.6. The predicted octanol–water partition coefficient (Wildman–Crippen LogP) is 1.94. The number of hydroxylamine groups is 1. The molecule has 12 heteroatoms. The van der Waals surface area contributed by atoms with Crippen LogP contribution in [0.2, 0.25) is 0 Å². The van der Waals surface area contributed by atoms with Crippen molar-refractivity contribution in [3.63, 3.8) is 0 Å². The van der Waals surface area contributed by atoms with Gasteiger partial charge in [0.2, 0.25) is 21.9 Å². The van der Waals surface area contributed by atoms with Crippen LogP contribution in [0.1, 0.15) is 36.0 Å². The molecule has 2 aliphatic heterocycles. The van der Waals surface area contributed by atoms with Crippen molar-refractivity contribution in [3.8, 4) is 0 Å². The van der Waals surface area contributed by atoms with Crippen molar-refractivity contribution in [2.75, 3.05) is 37.6 Å². The summed E-state index contributed by atoms with van der Waals surface area (Å²) in [6.07, 6.45) is 18.8. The zero-order valence-corrected chi connectivity index (χ0v) is 22.8. The molecule has 11 nitrogen and oxygen atoms in total. The summed E-state index contributed by atoms with van der Waals surface area (Å²) in [5.41, 5.74) is 3.84. The molecule has 2 N–H and O–H groups in total. The number of rotatable bonds is 8. The Morgan fingerprint density at radius 2 is 1.90 bits per heavy atom. The lowest BCUT2D eigenvalue weighted by Crippen LogP contribution is -2.44. The molecular weight excluding hydrogens is 532 g/mol. The summed E-state index contributed by atoms with van der Waals surface area (Å²) >= 11 is 0. The van der Waals surface area contributed by atoms with E-state index in [1.807, 2.05) is 35.3 Å². The molecule has 0 spiro atoms. The summed E-state index contributed by atoms with van der Waals surface area (Å²) in [6, 6.07) is -0.156. The highest BCUT2D eigenvalue weighted by molar-refractivity contribution is 7.93. The van der Waals surface area contributed by atoms with Gasteiger partial charge in [-0.15, -0.1) is 0 Å². The molecule has 0 radical (unpaired) electrons. The smallest absolute Gasteiger partial charge is 0.277 e. The summed E-state index contributed by atoms with van der Waals surface area (Å²) in [4.78, 5) is 36.5. The molecule has 1 aromatic rings. The van der Waals surface area contributed by atoms with Gasteiger partial charge in [0.25, 0.3) is 5.91 Å². The third-order valence-electron chi connectivity index (χ3n) is 8.40. The van der Waals surface area contributed by atoms with E-state index in [4.69, 9.17) is 5.21 Å². The van der Waals surface area contributed by atoms with E-state index in [-0.39, 0.29) is 35.9 Å². The molecule has 0 aromatic carbocycles. The Morgan fingerprint density at radius 3 is 2.60 bits per heavy atom. The molecule has 2 amide bonds. The van der Waals surface area contributed by atoms with E-state index in [2.05, 4.69) is 16.0 Å². The summed E-state index contributed by atoms with van der Waals surface area (Å²) in [7, 11) is -3.78. The van der Waals surface area contributed by atoms with Crippen LogP contribution in [0.25, 0.3) is 0 Å². The Morgan fingerprint density at radius 1 is 1.12 bits per heavy atom. The first-order valence-corrected chi connectivity index (χ1v) is 15.1. The molecule has 5 aliphatic rings. The molecule has 3 heterocycles. The quantitative estimate of drug-likeness (QED) is 0.361. The van der Waals surface area contributed by atoms with Gasteiger partial charge < -0.3 is 9.80 Å². The average molecular weight is 565 g/mol. The van der Waals surface area contributed by atoms with E-state index in [1.54, 1.807) is 20.8 Å². The van der Waals surface area contributed by atoms with Gasteiger partial charge in [0.05, 0.1) is 10.5 Å². The molecule has 1 saturated carbocycles. The number of nitrogens with one attached hydrogen (secondary N) is 1. The van der Waals surface area contributed by atoms with Crippen LogP contribution in [0.15, 0.2) is 71.0 Å². The maximum Gasteiger partial charge on any atom is 0.277 e. The van der Waals surface area contributed by atoms with Crippen molar-refractivity contribution in [3.05, 3.63) is 76.5 Å². The fourth-order valence-electron chi connectivity index (χ4n) is 6.18. The number of hydrogen-bond donors (Lipinski definition) is 2. The van der Waals surface area contributed by atoms with E-state index >= 15 is 0 Å². The van der Waals surface area contributed by atoms with Crippen LogP contribution in [0.4, 0.5) is 5.95 Å². The van der Waals surface area contributed by atoms with Crippen molar-refractivity contribution in [2.24, 2.45) is 11.8 Å². The number of aromatic nitrogens is 2. The molecule has 3 fully saturated rings. The largest absolute Gasteiger partial charge is 0.341 e. The Kier molecular flexibility index (Phi) is 7.15. The zero-order chi connectivity index (χ0) is 27.9. The number of likely N-dealkylation sites (tertiary alicyclic amines) is 1. The van der Waals surface area contributed by atoms with Gasteiger partial charge in [-0.3, -0.25) is 14.8 Å². The zero-order valence-electron chi connectivity index (χ0n) is 22.0. The van der Waals surface area contributed by atoms with Gasteiger partial charge in [-0.25, -0.2) is 23.9 Å². The number of nitrogens with zero attached hydrogens (tertiary/aromatic N) is 5. The van der Waals surface area contributed by atoms with Crippen LogP contribution in [0.5, 0.6) is 0 Å². The molecule has 2 atom stereocenters. The SMILES string of the molecule is O=C(NO)c1cnc(N2CC3C(C2)C3N(CCN2CCCC2=O)S(=O)(=O)C2=CC=C3C=CC=CCC3=CC2)nc1. The standard InChI is InChI=1S/C28H32N6O5S/c35-25-7-4-12-32(25)13-14-34(40(38,39)22-10-8-19-5-2-1-3-6-20(19)9-11-22)26-23-17-33(18-24(23)26)28-29-15-21(16-30-28)27(36)31-37/h1-3,5,8-10,15-16,23-24,26,37H,4,6-7,11-14,17-18H2,(H,31,36). The van der Waals surface area contributed by atoms with E-state index < -0.39 is 15.9 Å². The lowest BCUT2D eigenvalue weighted by molar-refractivity contribution is -0.127. The predicted molar refractivity (Wildman–Crippen MR) is 147 cm³/mol. The highest BCUT2D eigenvalue weighted by Crippen LogP contribution is 2.51. The molecule has 6 rings (SSSR count). The third kappa shape index (κ3) is 5.02. The van der Waals surface area contributed by atoms with Crippen LogP contribution in [0, 0.1) is 11.8 Å². The lowest BCUT2D eigenvalue weighted by atomic mass is 10.0. The molecule has 0 bridgehead atoms. The number of anilines is 1. The second-order valence-electron chi connectivity index (χ2n) is 10.7. The lowest BCUT2D eigenvalue weighted by Gasteiger charge is -2.29. The van der Waals surface area contributed by atoms with Crippen molar-refractivity contribution in [1.29, 1.82) is 0 Å². The molecule has 1 aromatic heterocycles. The Bertz CT molecular complexity index is 1450. The molecule has 40 heavy (non-hydrogen) atoms. The van der Waals surface area contributed by atoms with Crippen LogP contribution in [-0.2, 0) is 14.8 Å². The van der Waals surface area contributed by atoms with Gasteiger partial charge in [-0.2, -0.15) is 4.31 Å². The highest BCUT2D eigenvalue weighted by Gasteiger charge is 2.61. The van der Waals surface area contributed by atoms with Gasteiger partial charge >= 0.3 is 0 Å². The number of hydrogen-bond acceptors (Lipinski definition) is 8. The molecule has 210 valence electrons. The number of sulfonamides is 1. The van der Waals surface area contributed by atoms with Gasteiger partial charge in [-0.1, -0.05) is 36.5 Å². The maximum atomic E-state index is 14.2. The van der Waals surface area contributed by atoms with Crippen molar-refractivity contribution in [1.82, 2.24) is 24.7 Å². The van der Waals surface area contributed by atoms with E-state index in [0.29, 0.717) is 49.9 Å². The monoisotopic (exact) mass is 564 g/mol. The van der Waals surface area contributed by atoms with Gasteiger partial charge in [0, 0.05) is 64.0 Å².